The first-order valence-corrected chi connectivity index (χ1v) is 9.04. The Kier molecular flexibility index (Phi) is 4.21. The fourth-order valence-corrected chi connectivity index (χ4v) is 3.02. The molecule has 0 aliphatic carbocycles. The van der Waals surface area contributed by atoms with Crippen molar-refractivity contribution in [3.63, 3.8) is 0 Å². The number of imidazole rings is 1. The summed E-state index contributed by atoms with van der Waals surface area (Å²) in [6.45, 7) is -0.268. The average molecular weight is 346 g/mol. The number of aliphatic hydroxyl groups excluding tert-OH is 1. The Balaban J connectivity index is 2.10. The van der Waals surface area contributed by atoms with Crippen LogP contribution in [-0.2, 0) is 16.4 Å². The molecule has 0 aliphatic heterocycles. The molecule has 0 aliphatic rings. The van der Waals surface area contributed by atoms with Crippen molar-refractivity contribution in [2.45, 2.75) is 11.5 Å². The van der Waals surface area contributed by atoms with E-state index in [0.717, 1.165) is 6.26 Å². The lowest BCUT2D eigenvalue weighted by Gasteiger charge is -2.04. The molecule has 0 bridgehead atoms. The summed E-state index contributed by atoms with van der Waals surface area (Å²) in [6, 6.07) is 12.2. The van der Waals surface area contributed by atoms with Crippen LogP contribution in [0.2, 0.25) is 0 Å². The van der Waals surface area contributed by atoms with Crippen molar-refractivity contribution in [1.29, 1.82) is 0 Å². The molecule has 0 amide bonds. The van der Waals surface area contributed by atoms with Crippen LogP contribution >= 0.6 is 0 Å². The third-order valence-electron chi connectivity index (χ3n) is 3.59. The van der Waals surface area contributed by atoms with E-state index in [1.54, 1.807) is 24.3 Å². The Morgan fingerprint density at radius 3 is 2.17 bits per heavy atom. The van der Waals surface area contributed by atoms with Crippen LogP contribution in [0.1, 0.15) is 5.82 Å². The zero-order valence-electron chi connectivity index (χ0n) is 12.8. The third kappa shape index (κ3) is 3.22. The van der Waals surface area contributed by atoms with Crippen molar-refractivity contribution in [3.05, 3.63) is 60.2 Å². The monoisotopic (exact) mass is 346 g/mol. The van der Waals surface area contributed by atoms with Gasteiger partial charge in [0.05, 0.1) is 16.3 Å². The van der Waals surface area contributed by atoms with Crippen molar-refractivity contribution >= 4 is 9.84 Å². The summed E-state index contributed by atoms with van der Waals surface area (Å²) >= 11 is 0. The molecule has 0 unspecified atom stereocenters. The number of hydrogen-bond acceptors (Lipinski definition) is 4. The zero-order chi connectivity index (χ0) is 17.3. The molecule has 0 saturated carbocycles. The second kappa shape index (κ2) is 6.18. The molecule has 5 nitrogen and oxygen atoms in total. The molecule has 0 spiro atoms. The SMILES string of the molecule is CS(=O)(=O)c1ccc(-c2nc(CO)[nH]c2-c2ccc(F)cc2)cc1. The van der Waals surface area contributed by atoms with Crippen molar-refractivity contribution in [2.24, 2.45) is 0 Å². The molecule has 2 aromatic carbocycles. The number of aromatic amines is 1. The van der Waals surface area contributed by atoms with Crippen molar-refractivity contribution < 1.29 is 17.9 Å². The number of hydrogen-bond donors (Lipinski definition) is 2. The molecule has 0 saturated heterocycles. The minimum Gasteiger partial charge on any atom is -0.388 e. The van der Waals surface area contributed by atoms with E-state index in [1.807, 2.05) is 0 Å². The predicted octanol–water partition coefficient (Wildman–Crippen LogP) is 2.78. The molecule has 24 heavy (non-hydrogen) atoms. The topological polar surface area (TPSA) is 83.1 Å². The summed E-state index contributed by atoms with van der Waals surface area (Å²) in [6.07, 6.45) is 1.14. The molecule has 0 atom stereocenters. The van der Waals surface area contributed by atoms with Gasteiger partial charge in [-0.3, -0.25) is 0 Å². The van der Waals surface area contributed by atoms with Gasteiger partial charge in [0.15, 0.2) is 9.84 Å². The van der Waals surface area contributed by atoms with Gasteiger partial charge in [-0.15, -0.1) is 0 Å². The third-order valence-corrected chi connectivity index (χ3v) is 4.72. The van der Waals surface area contributed by atoms with Crippen LogP contribution in [-0.4, -0.2) is 29.7 Å². The smallest absolute Gasteiger partial charge is 0.175 e. The first-order chi connectivity index (χ1) is 11.4. The van der Waals surface area contributed by atoms with Crippen molar-refractivity contribution in [2.75, 3.05) is 6.26 Å². The van der Waals surface area contributed by atoms with Gasteiger partial charge >= 0.3 is 0 Å². The number of halogens is 1. The molecule has 124 valence electrons. The van der Waals surface area contributed by atoms with E-state index in [1.165, 1.54) is 24.3 Å². The quantitative estimate of drug-likeness (QED) is 0.761. The molecular formula is C17H15FN2O3S. The largest absolute Gasteiger partial charge is 0.388 e. The Hall–Kier alpha value is -2.51. The fraction of sp³-hybridized carbons (Fsp3) is 0.118. The number of nitrogens with zero attached hydrogens (tertiary/aromatic N) is 1. The standard InChI is InChI=1S/C17H15FN2O3S/c1-24(22,23)14-8-4-12(5-9-14)17-16(19-15(10-21)20-17)11-2-6-13(18)7-3-11/h2-9,21H,10H2,1H3,(H,19,20). The summed E-state index contributed by atoms with van der Waals surface area (Å²) in [4.78, 5) is 7.56. The molecule has 1 aromatic heterocycles. The van der Waals surface area contributed by atoms with E-state index in [0.29, 0.717) is 28.3 Å². The predicted molar refractivity (Wildman–Crippen MR) is 88.5 cm³/mol. The van der Waals surface area contributed by atoms with Gasteiger partial charge in [0.25, 0.3) is 0 Å². The van der Waals surface area contributed by atoms with Gasteiger partial charge in [0.1, 0.15) is 18.2 Å². The zero-order valence-corrected chi connectivity index (χ0v) is 13.6. The van der Waals surface area contributed by atoms with Gasteiger partial charge < -0.3 is 10.1 Å². The van der Waals surface area contributed by atoms with E-state index in [-0.39, 0.29) is 17.3 Å². The van der Waals surface area contributed by atoms with Gasteiger partial charge in [-0.1, -0.05) is 12.1 Å². The highest BCUT2D eigenvalue weighted by molar-refractivity contribution is 7.90. The summed E-state index contributed by atoms with van der Waals surface area (Å²) < 4.78 is 36.3. The summed E-state index contributed by atoms with van der Waals surface area (Å²) in [7, 11) is -3.28. The Morgan fingerprint density at radius 2 is 1.62 bits per heavy atom. The van der Waals surface area contributed by atoms with Gasteiger partial charge in [-0.05, 0) is 36.4 Å². The number of aliphatic hydroxyl groups is 1. The Bertz CT molecular complexity index is 962. The number of sulfone groups is 1. The van der Waals surface area contributed by atoms with Crippen LogP contribution in [0.3, 0.4) is 0 Å². The maximum absolute atomic E-state index is 13.1. The highest BCUT2D eigenvalue weighted by atomic mass is 32.2. The van der Waals surface area contributed by atoms with Gasteiger partial charge in [0, 0.05) is 17.4 Å². The summed E-state index contributed by atoms with van der Waals surface area (Å²) in [5, 5.41) is 9.33. The normalized spacial score (nSPS) is 11.6. The maximum Gasteiger partial charge on any atom is 0.175 e. The molecular weight excluding hydrogens is 331 g/mol. The summed E-state index contributed by atoms with van der Waals surface area (Å²) in [5.41, 5.74) is 2.60. The average Bonchev–Trinajstić information content (AvgIpc) is 2.99. The fourth-order valence-electron chi connectivity index (χ4n) is 2.39. The van der Waals surface area contributed by atoms with Crippen LogP contribution < -0.4 is 0 Å². The lowest BCUT2D eigenvalue weighted by Crippen LogP contribution is -1.96. The molecule has 3 rings (SSSR count). The maximum atomic E-state index is 13.1. The second-order valence-electron chi connectivity index (χ2n) is 5.37. The number of benzene rings is 2. The van der Waals surface area contributed by atoms with Crippen LogP contribution in [0.5, 0.6) is 0 Å². The molecule has 0 radical (unpaired) electrons. The van der Waals surface area contributed by atoms with Crippen molar-refractivity contribution in [1.82, 2.24) is 9.97 Å². The first kappa shape index (κ1) is 16.4. The lowest BCUT2D eigenvalue weighted by atomic mass is 10.1. The second-order valence-corrected chi connectivity index (χ2v) is 7.38. The van der Waals surface area contributed by atoms with E-state index in [9.17, 15) is 17.9 Å². The number of H-pyrrole nitrogens is 1. The van der Waals surface area contributed by atoms with Crippen molar-refractivity contribution in [3.8, 4) is 22.5 Å². The van der Waals surface area contributed by atoms with Crippen LogP contribution in [0.25, 0.3) is 22.5 Å². The van der Waals surface area contributed by atoms with Crippen LogP contribution in [0.15, 0.2) is 53.4 Å². The van der Waals surface area contributed by atoms with Gasteiger partial charge in [-0.2, -0.15) is 0 Å². The highest BCUT2D eigenvalue weighted by Gasteiger charge is 2.15. The lowest BCUT2D eigenvalue weighted by molar-refractivity contribution is 0.272. The molecule has 2 N–H and O–H groups in total. The minimum atomic E-state index is -3.28. The first-order valence-electron chi connectivity index (χ1n) is 7.14. The molecule has 3 aromatic rings. The van der Waals surface area contributed by atoms with E-state index in [2.05, 4.69) is 9.97 Å². The highest BCUT2D eigenvalue weighted by Crippen LogP contribution is 2.31. The molecule has 0 fully saturated rings. The number of aromatic nitrogens is 2. The molecule has 1 heterocycles. The minimum absolute atomic E-state index is 0.215. The number of nitrogens with one attached hydrogen (secondary N) is 1. The Labute approximate surface area is 138 Å². The van der Waals surface area contributed by atoms with Gasteiger partial charge in [-0.25, -0.2) is 17.8 Å². The van der Waals surface area contributed by atoms with E-state index >= 15 is 0 Å². The molecule has 7 heteroatoms. The number of rotatable bonds is 4. The van der Waals surface area contributed by atoms with E-state index < -0.39 is 9.84 Å². The van der Waals surface area contributed by atoms with Gasteiger partial charge in [0.2, 0.25) is 0 Å². The Morgan fingerprint density at radius 1 is 1.04 bits per heavy atom. The summed E-state index contributed by atoms with van der Waals surface area (Å²) in [5.74, 6) is 0.0243. The van der Waals surface area contributed by atoms with Crippen LogP contribution in [0, 0.1) is 5.82 Å². The van der Waals surface area contributed by atoms with E-state index in [4.69, 9.17) is 0 Å². The van der Waals surface area contributed by atoms with Crippen LogP contribution in [0.4, 0.5) is 4.39 Å².